The summed E-state index contributed by atoms with van der Waals surface area (Å²) in [4.78, 5) is 0. The number of hydrogen-bond donors (Lipinski definition) is 0. The van der Waals surface area contributed by atoms with Gasteiger partial charge >= 0.3 is 0 Å². The van der Waals surface area contributed by atoms with Crippen molar-refractivity contribution in [3.8, 4) is 0 Å². The fourth-order valence-electron chi connectivity index (χ4n) is 1.02. The molecule has 3 nitrogen and oxygen atoms in total. The lowest BCUT2D eigenvalue weighted by Crippen LogP contribution is -1.88. The minimum atomic E-state index is 0.495. The number of hydrogen-bond acceptors (Lipinski definition) is 4. The van der Waals surface area contributed by atoms with Crippen LogP contribution in [0.5, 0.6) is 0 Å². The van der Waals surface area contributed by atoms with Crippen molar-refractivity contribution in [3.05, 3.63) is 33.6 Å². The van der Waals surface area contributed by atoms with E-state index in [-0.39, 0.29) is 0 Å². The molecule has 0 saturated heterocycles. The second-order valence-corrected chi connectivity index (χ2v) is 4.17. The first-order valence-electron chi connectivity index (χ1n) is 3.85. The minimum absolute atomic E-state index is 0.495. The molecule has 0 fully saturated rings. The van der Waals surface area contributed by atoms with Gasteiger partial charge in [-0.1, -0.05) is 11.3 Å². The van der Waals surface area contributed by atoms with Crippen LogP contribution >= 0.6 is 22.9 Å². The summed E-state index contributed by atoms with van der Waals surface area (Å²) in [7, 11) is 0. The zero-order valence-corrected chi connectivity index (χ0v) is 8.31. The first-order valence-corrected chi connectivity index (χ1v) is 5.04. The highest BCUT2D eigenvalue weighted by Crippen LogP contribution is 2.16. The van der Waals surface area contributed by atoms with E-state index in [0.717, 1.165) is 23.6 Å². The Morgan fingerprint density at radius 1 is 1.38 bits per heavy atom. The molecular formula is C8H7ClN2OS. The van der Waals surface area contributed by atoms with E-state index in [4.69, 9.17) is 16.0 Å². The molecule has 5 heteroatoms. The summed E-state index contributed by atoms with van der Waals surface area (Å²) < 4.78 is 5.68. The van der Waals surface area contributed by atoms with Crippen LogP contribution in [0.1, 0.15) is 10.8 Å². The molecule has 2 rings (SSSR count). The summed E-state index contributed by atoms with van der Waals surface area (Å²) in [5, 5.41) is 8.58. The summed E-state index contributed by atoms with van der Waals surface area (Å²) in [5.41, 5.74) is 0. The summed E-state index contributed by atoms with van der Waals surface area (Å²) in [5.74, 6) is 0.964. The van der Waals surface area contributed by atoms with Crippen molar-refractivity contribution in [1.29, 1.82) is 0 Å². The smallest absolute Gasteiger partial charge is 0.207 e. The van der Waals surface area contributed by atoms with Gasteiger partial charge in [0.1, 0.15) is 10.8 Å². The van der Waals surface area contributed by atoms with Crippen LogP contribution in [-0.2, 0) is 12.8 Å². The topological polar surface area (TPSA) is 38.9 Å². The molecule has 2 aromatic rings. The molecule has 0 amide bonds. The van der Waals surface area contributed by atoms with Gasteiger partial charge in [-0.2, -0.15) is 0 Å². The molecule has 0 aliphatic heterocycles. The maximum Gasteiger partial charge on any atom is 0.207 e. The Balaban J connectivity index is 1.93. The monoisotopic (exact) mass is 214 g/mol. The fourth-order valence-corrected chi connectivity index (χ4v) is 1.89. The third kappa shape index (κ3) is 2.29. The lowest BCUT2D eigenvalue weighted by Gasteiger charge is -1.90. The van der Waals surface area contributed by atoms with Crippen molar-refractivity contribution in [2.75, 3.05) is 0 Å². The third-order valence-corrected chi connectivity index (χ3v) is 2.69. The van der Waals surface area contributed by atoms with Crippen molar-refractivity contribution < 1.29 is 4.42 Å². The van der Waals surface area contributed by atoms with Gasteiger partial charge < -0.3 is 4.42 Å². The van der Waals surface area contributed by atoms with E-state index in [0.29, 0.717) is 4.47 Å². The summed E-state index contributed by atoms with van der Waals surface area (Å²) in [6.45, 7) is 0. The van der Waals surface area contributed by atoms with Crippen molar-refractivity contribution >= 4 is 22.9 Å². The molecule has 2 heterocycles. The predicted octanol–water partition coefficient (Wildman–Crippen LogP) is 2.57. The second-order valence-electron chi connectivity index (χ2n) is 2.53. The maximum atomic E-state index is 5.64. The Morgan fingerprint density at radius 3 is 2.92 bits per heavy atom. The van der Waals surface area contributed by atoms with Crippen LogP contribution < -0.4 is 0 Å². The van der Waals surface area contributed by atoms with Gasteiger partial charge in [-0.05, 0) is 23.7 Å². The molecule has 13 heavy (non-hydrogen) atoms. The fraction of sp³-hybridized carbons (Fsp3) is 0.250. The average molecular weight is 215 g/mol. The zero-order chi connectivity index (χ0) is 9.10. The Bertz CT molecular complexity index is 371. The van der Waals surface area contributed by atoms with Crippen LogP contribution in [0.2, 0.25) is 4.47 Å². The van der Waals surface area contributed by atoms with Gasteiger partial charge in [0.2, 0.25) is 4.47 Å². The molecule has 2 aromatic heterocycles. The Hall–Kier alpha value is -0.870. The van der Waals surface area contributed by atoms with Crippen LogP contribution in [0.15, 0.2) is 22.8 Å². The van der Waals surface area contributed by atoms with Gasteiger partial charge in [-0.3, -0.25) is 0 Å². The molecule has 0 N–H and O–H groups in total. The highest BCUT2D eigenvalue weighted by Gasteiger charge is 2.03. The standard InChI is InChI=1S/C8H7ClN2OS/c9-8-11-10-7(13-8)4-3-6-2-1-5-12-6/h1-2,5H,3-4H2. The molecule has 0 aromatic carbocycles. The highest BCUT2D eigenvalue weighted by atomic mass is 35.5. The lowest BCUT2D eigenvalue weighted by molar-refractivity contribution is 0.508. The number of halogens is 1. The van der Waals surface area contributed by atoms with E-state index in [1.165, 1.54) is 11.3 Å². The number of aromatic nitrogens is 2. The lowest BCUT2D eigenvalue weighted by atomic mass is 10.2. The SMILES string of the molecule is Clc1nnc(CCc2ccco2)s1. The van der Waals surface area contributed by atoms with Crippen molar-refractivity contribution in [2.45, 2.75) is 12.8 Å². The van der Waals surface area contributed by atoms with Crippen LogP contribution in [0, 0.1) is 0 Å². The molecule has 68 valence electrons. The van der Waals surface area contributed by atoms with Gasteiger partial charge in [0.15, 0.2) is 0 Å². The molecule has 0 radical (unpaired) electrons. The summed E-state index contributed by atoms with van der Waals surface area (Å²) in [6, 6.07) is 3.82. The van der Waals surface area contributed by atoms with Crippen LogP contribution in [-0.4, -0.2) is 10.2 Å². The number of aryl methyl sites for hydroxylation is 2. The van der Waals surface area contributed by atoms with Crippen LogP contribution in [0.3, 0.4) is 0 Å². The van der Waals surface area contributed by atoms with E-state index in [9.17, 15) is 0 Å². The van der Waals surface area contributed by atoms with Gasteiger partial charge in [-0.15, -0.1) is 10.2 Å². The van der Waals surface area contributed by atoms with Crippen LogP contribution in [0.25, 0.3) is 0 Å². The predicted molar refractivity (Wildman–Crippen MR) is 51.0 cm³/mol. The first-order chi connectivity index (χ1) is 6.34. The molecule has 0 spiro atoms. The van der Waals surface area contributed by atoms with E-state index in [1.807, 2.05) is 12.1 Å². The number of nitrogens with zero attached hydrogens (tertiary/aromatic N) is 2. The normalized spacial score (nSPS) is 10.5. The Morgan fingerprint density at radius 2 is 2.31 bits per heavy atom. The molecule has 0 unspecified atom stereocenters. The largest absolute Gasteiger partial charge is 0.469 e. The quantitative estimate of drug-likeness (QED) is 0.788. The van der Waals surface area contributed by atoms with Crippen molar-refractivity contribution in [1.82, 2.24) is 10.2 Å². The molecule has 0 aliphatic rings. The average Bonchev–Trinajstić information content (AvgIpc) is 2.71. The molecule has 0 saturated carbocycles. The van der Waals surface area contributed by atoms with Gasteiger partial charge in [-0.25, -0.2) is 0 Å². The van der Waals surface area contributed by atoms with Gasteiger partial charge in [0.25, 0.3) is 0 Å². The minimum Gasteiger partial charge on any atom is -0.469 e. The zero-order valence-electron chi connectivity index (χ0n) is 6.74. The van der Waals surface area contributed by atoms with Crippen molar-refractivity contribution in [2.24, 2.45) is 0 Å². The third-order valence-electron chi connectivity index (χ3n) is 1.61. The maximum absolute atomic E-state index is 5.64. The summed E-state index contributed by atoms with van der Waals surface area (Å²) >= 11 is 7.05. The second kappa shape index (κ2) is 3.89. The van der Waals surface area contributed by atoms with E-state index in [2.05, 4.69) is 10.2 Å². The first kappa shape index (κ1) is 8.72. The van der Waals surface area contributed by atoms with Crippen LogP contribution in [0.4, 0.5) is 0 Å². The van der Waals surface area contributed by atoms with E-state index in [1.54, 1.807) is 6.26 Å². The van der Waals surface area contributed by atoms with E-state index >= 15 is 0 Å². The number of rotatable bonds is 3. The Kier molecular flexibility index (Phi) is 2.61. The summed E-state index contributed by atoms with van der Waals surface area (Å²) in [6.07, 6.45) is 3.35. The van der Waals surface area contributed by atoms with E-state index < -0.39 is 0 Å². The molecule has 0 aliphatic carbocycles. The highest BCUT2D eigenvalue weighted by molar-refractivity contribution is 7.15. The van der Waals surface area contributed by atoms with Gasteiger partial charge in [0, 0.05) is 12.8 Å². The van der Waals surface area contributed by atoms with Gasteiger partial charge in [0.05, 0.1) is 6.26 Å². The molecule has 0 atom stereocenters. The van der Waals surface area contributed by atoms with Crippen molar-refractivity contribution in [3.63, 3.8) is 0 Å². The molecular weight excluding hydrogens is 208 g/mol. The number of furan rings is 1. The molecule has 0 bridgehead atoms. The Labute approximate surface area is 84.4 Å².